The van der Waals surface area contributed by atoms with E-state index in [1.807, 2.05) is 0 Å². The normalized spacial score (nSPS) is 11.3. The van der Waals surface area contributed by atoms with E-state index < -0.39 is 0 Å². The molecule has 1 N–H and O–H groups in total. The van der Waals surface area contributed by atoms with E-state index in [4.69, 9.17) is 0 Å². The number of hydrogen-bond donors (Lipinski definition) is 1. The summed E-state index contributed by atoms with van der Waals surface area (Å²) < 4.78 is 0. The van der Waals surface area contributed by atoms with Gasteiger partial charge in [-0.25, -0.2) is 0 Å². The van der Waals surface area contributed by atoms with Crippen LogP contribution in [-0.2, 0) is 13.0 Å². The van der Waals surface area contributed by atoms with Gasteiger partial charge in [0.15, 0.2) is 0 Å². The third-order valence-corrected chi connectivity index (χ3v) is 3.40. The van der Waals surface area contributed by atoms with Crippen molar-refractivity contribution in [3.05, 3.63) is 47.5 Å². The fourth-order valence-corrected chi connectivity index (χ4v) is 2.35. The van der Waals surface area contributed by atoms with Crippen LogP contribution in [0.5, 0.6) is 0 Å². The molecule has 0 aromatic heterocycles. The molecule has 0 aliphatic carbocycles. The summed E-state index contributed by atoms with van der Waals surface area (Å²) in [7, 11) is 0. The Bertz CT molecular complexity index is 410. The first-order chi connectivity index (χ1) is 9.52. The van der Waals surface area contributed by atoms with Gasteiger partial charge in [0, 0.05) is 19.1 Å². The average Bonchev–Trinajstić information content (AvgIpc) is 2.39. The first-order valence-corrected chi connectivity index (χ1v) is 7.69. The standard InChI is InChI=1S/C18H30N2/c1-6-20(13-15(2)3)14-18-10-8-7-9-17(18)11-12-19-16(4)5/h7-10,16,19H,2,6,11-14H2,1,3-5H3. The van der Waals surface area contributed by atoms with Crippen LogP contribution in [-0.4, -0.2) is 30.6 Å². The van der Waals surface area contributed by atoms with Crippen LogP contribution in [0.4, 0.5) is 0 Å². The largest absolute Gasteiger partial charge is 0.314 e. The topological polar surface area (TPSA) is 15.3 Å². The molecule has 0 aliphatic heterocycles. The molecule has 0 saturated carbocycles. The van der Waals surface area contributed by atoms with Crippen LogP contribution in [0.15, 0.2) is 36.4 Å². The Labute approximate surface area is 124 Å². The Hall–Kier alpha value is -1.12. The molecule has 1 aromatic carbocycles. The lowest BCUT2D eigenvalue weighted by Gasteiger charge is -2.22. The maximum absolute atomic E-state index is 4.02. The van der Waals surface area contributed by atoms with Gasteiger partial charge in [-0.05, 0) is 37.6 Å². The molecular formula is C18H30N2. The van der Waals surface area contributed by atoms with E-state index in [9.17, 15) is 0 Å². The van der Waals surface area contributed by atoms with Crippen LogP contribution < -0.4 is 5.32 Å². The average molecular weight is 274 g/mol. The zero-order valence-electron chi connectivity index (χ0n) is 13.6. The van der Waals surface area contributed by atoms with E-state index in [1.54, 1.807) is 0 Å². The molecule has 0 aliphatic rings. The van der Waals surface area contributed by atoms with Crippen LogP contribution >= 0.6 is 0 Å². The van der Waals surface area contributed by atoms with E-state index in [-0.39, 0.29) is 0 Å². The summed E-state index contributed by atoms with van der Waals surface area (Å²) in [5.74, 6) is 0. The van der Waals surface area contributed by atoms with Gasteiger partial charge in [0.25, 0.3) is 0 Å². The van der Waals surface area contributed by atoms with Crippen molar-refractivity contribution in [2.75, 3.05) is 19.6 Å². The first kappa shape index (κ1) is 16.9. The molecule has 2 nitrogen and oxygen atoms in total. The summed E-state index contributed by atoms with van der Waals surface area (Å²) in [5.41, 5.74) is 4.13. The maximum Gasteiger partial charge on any atom is 0.0239 e. The monoisotopic (exact) mass is 274 g/mol. The highest BCUT2D eigenvalue weighted by Gasteiger charge is 2.07. The SMILES string of the molecule is C=C(C)CN(CC)Cc1ccccc1CCNC(C)C. The van der Waals surface area contributed by atoms with Crippen molar-refractivity contribution in [2.45, 2.75) is 46.7 Å². The van der Waals surface area contributed by atoms with Gasteiger partial charge in [0.05, 0.1) is 0 Å². The number of rotatable bonds is 9. The van der Waals surface area contributed by atoms with E-state index in [0.717, 1.165) is 32.6 Å². The van der Waals surface area contributed by atoms with E-state index in [0.29, 0.717) is 6.04 Å². The molecule has 0 unspecified atom stereocenters. The second-order valence-electron chi connectivity index (χ2n) is 5.89. The maximum atomic E-state index is 4.02. The second kappa shape index (κ2) is 8.93. The number of nitrogens with zero attached hydrogens (tertiary/aromatic N) is 1. The van der Waals surface area contributed by atoms with Gasteiger partial charge >= 0.3 is 0 Å². The van der Waals surface area contributed by atoms with E-state index >= 15 is 0 Å². The van der Waals surface area contributed by atoms with Crippen molar-refractivity contribution in [1.82, 2.24) is 10.2 Å². The molecule has 0 heterocycles. The Kier molecular flexibility index (Phi) is 7.56. The van der Waals surface area contributed by atoms with Gasteiger partial charge in [0.1, 0.15) is 0 Å². The zero-order chi connectivity index (χ0) is 15.0. The second-order valence-corrected chi connectivity index (χ2v) is 5.89. The predicted molar refractivity (Wildman–Crippen MR) is 89.0 cm³/mol. The Balaban J connectivity index is 2.66. The fourth-order valence-electron chi connectivity index (χ4n) is 2.35. The number of benzene rings is 1. The number of nitrogens with one attached hydrogen (secondary N) is 1. The summed E-state index contributed by atoms with van der Waals surface area (Å²) in [6.45, 7) is 16.8. The Morgan fingerprint density at radius 1 is 1.25 bits per heavy atom. The first-order valence-electron chi connectivity index (χ1n) is 7.69. The summed E-state index contributed by atoms with van der Waals surface area (Å²) in [4.78, 5) is 2.44. The highest BCUT2D eigenvalue weighted by atomic mass is 15.1. The smallest absolute Gasteiger partial charge is 0.0239 e. The van der Waals surface area contributed by atoms with Crippen molar-refractivity contribution in [2.24, 2.45) is 0 Å². The lowest BCUT2D eigenvalue weighted by atomic mass is 10.0. The molecule has 0 spiro atoms. The van der Waals surface area contributed by atoms with Gasteiger partial charge in [-0.1, -0.05) is 57.2 Å². The van der Waals surface area contributed by atoms with E-state index in [1.165, 1.54) is 16.7 Å². The minimum atomic E-state index is 0.553. The molecule has 2 heteroatoms. The van der Waals surface area contributed by atoms with Crippen LogP contribution in [0.1, 0.15) is 38.8 Å². The molecule has 0 bridgehead atoms. The zero-order valence-corrected chi connectivity index (χ0v) is 13.6. The molecular weight excluding hydrogens is 244 g/mol. The fraction of sp³-hybridized carbons (Fsp3) is 0.556. The van der Waals surface area contributed by atoms with Gasteiger partial charge in [-0.2, -0.15) is 0 Å². The predicted octanol–water partition coefficient (Wildman–Crippen LogP) is 3.63. The van der Waals surface area contributed by atoms with Gasteiger partial charge in [-0.3, -0.25) is 4.90 Å². The molecule has 0 radical (unpaired) electrons. The molecule has 0 atom stereocenters. The lowest BCUT2D eigenvalue weighted by molar-refractivity contribution is 0.303. The minimum absolute atomic E-state index is 0.553. The molecule has 112 valence electrons. The van der Waals surface area contributed by atoms with Crippen LogP contribution in [0, 0.1) is 0 Å². The Morgan fingerprint density at radius 2 is 1.90 bits per heavy atom. The molecule has 0 fully saturated rings. The van der Waals surface area contributed by atoms with Crippen molar-refractivity contribution < 1.29 is 0 Å². The molecule has 0 saturated heterocycles. The minimum Gasteiger partial charge on any atom is -0.314 e. The van der Waals surface area contributed by atoms with Crippen molar-refractivity contribution in [3.8, 4) is 0 Å². The third kappa shape index (κ3) is 6.36. The quantitative estimate of drug-likeness (QED) is 0.692. The lowest BCUT2D eigenvalue weighted by Crippen LogP contribution is -2.27. The van der Waals surface area contributed by atoms with Gasteiger partial charge < -0.3 is 5.32 Å². The van der Waals surface area contributed by atoms with Crippen LogP contribution in [0.25, 0.3) is 0 Å². The van der Waals surface area contributed by atoms with E-state index in [2.05, 4.69) is 68.8 Å². The Morgan fingerprint density at radius 3 is 2.45 bits per heavy atom. The number of hydrogen-bond acceptors (Lipinski definition) is 2. The van der Waals surface area contributed by atoms with Crippen LogP contribution in [0.2, 0.25) is 0 Å². The van der Waals surface area contributed by atoms with Gasteiger partial charge in [0.2, 0.25) is 0 Å². The van der Waals surface area contributed by atoms with Gasteiger partial charge in [-0.15, -0.1) is 0 Å². The summed E-state index contributed by atoms with van der Waals surface area (Å²) in [6.07, 6.45) is 1.10. The molecule has 1 rings (SSSR count). The molecule has 20 heavy (non-hydrogen) atoms. The van der Waals surface area contributed by atoms with Crippen molar-refractivity contribution in [1.29, 1.82) is 0 Å². The van der Waals surface area contributed by atoms with Crippen LogP contribution in [0.3, 0.4) is 0 Å². The highest BCUT2D eigenvalue weighted by molar-refractivity contribution is 5.27. The number of likely N-dealkylation sites (N-methyl/N-ethyl adjacent to an activating group) is 1. The summed E-state index contributed by atoms with van der Waals surface area (Å²) >= 11 is 0. The molecule has 0 amide bonds. The summed E-state index contributed by atoms with van der Waals surface area (Å²) in [5, 5.41) is 3.49. The van der Waals surface area contributed by atoms with Crippen molar-refractivity contribution in [3.63, 3.8) is 0 Å². The van der Waals surface area contributed by atoms with Crippen molar-refractivity contribution >= 4 is 0 Å². The molecule has 1 aromatic rings. The third-order valence-electron chi connectivity index (χ3n) is 3.40. The summed E-state index contributed by atoms with van der Waals surface area (Å²) in [6, 6.07) is 9.35. The highest BCUT2D eigenvalue weighted by Crippen LogP contribution is 2.13.